The molecular formula is C16H23N3O5S. The van der Waals surface area contributed by atoms with Gasteiger partial charge in [0.2, 0.25) is 0 Å². The second-order valence-electron chi connectivity index (χ2n) is 6.06. The molecule has 0 aliphatic carbocycles. The van der Waals surface area contributed by atoms with Crippen LogP contribution in [0.5, 0.6) is 5.75 Å². The molecule has 0 unspecified atom stereocenters. The van der Waals surface area contributed by atoms with Gasteiger partial charge in [0.1, 0.15) is 5.75 Å². The summed E-state index contributed by atoms with van der Waals surface area (Å²) in [5, 5.41) is 2.90. The first kappa shape index (κ1) is 19.4. The Kier molecular flexibility index (Phi) is 6.15. The topological polar surface area (TPSA) is 96.0 Å². The molecule has 1 saturated heterocycles. The number of nitrogens with zero attached hydrogens (tertiary/aromatic N) is 2. The van der Waals surface area contributed by atoms with Gasteiger partial charge in [-0.25, -0.2) is 0 Å². The van der Waals surface area contributed by atoms with Gasteiger partial charge in [0.25, 0.3) is 16.1 Å². The second-order valence-corrected chi connectivity index (χ2v) is 8.20. The van der Waals surface area contributed by atoms with Crippen molar-refractivity contribution in [2.45, 2.75) is 25.8 Å². The van der Waals surface area contributed by atoms with Gasteiger partial charge in [0.05, 0.1) is 0 Å². The molecule has 0 saturated carbocycles. The lowest BCUT2D eigenvalue weighted by Gasteiger charge is -2.33. The van der Waals surface area contributed by atoms with Crippen LogP contribution < -0.4 is 10.1 Å². The number of carbonyl (C=O) groups is 2. The summed E-state index contributed by atoms with van der Waals surface area (Å²) in [6, 6.07) is 6.27. The molecule has 1 aliphatic rings. The van der Waals surface area contributed by atoms with E-state index < -0.39 is 16.2 Å². The average molecular weight is 369 g/mol. The number of carbonyl (C=O) groups excluding carboxylic acids is 2. The molecule has 1 N–H and O–H groups in total. The third kappa shape index (κ3) is 5.00. The number of esters is 1. The van der Waals surface area contributed by atoms with Crippen molar-refractivity contribution in [1.29, 1.82) is 0 Å². The van der Waals surface area contributed by atoms with E-state index in [0.717, 1.165) is 0 Å². The third-order valence-corrected chi connectivity index (χ3v) is 5.88. The summed E-state index contributed by atoms with van der Waals surface area (Å²) in [5.41, 5.74) is 0.391. The van der Waals surface area contributed by atoms with E-state index in [1.165, 1.54) is 35.7 Å². The molecule has 2 rings (SSSR count). The Bertz CT molecular complexity index is 740. The molecule has 8 nitrogen and oxygen atoms in total. The van der Waals surface area contributed by atoms with Crippen molar-refractivity contribution in [2.75, 3.05) is 27.2 Å². The standard InChI is InChI=1S/C16H23N3O5S/c1-12(20)24-15-6-4-5-13(11-15)16(21)17-14-7-9-19(10-8-14)25(22,23)18(2)3/h4-6,11,14H,7-10H2,1-3H3,(H,17,21). The van der Waals surface area contributed by atoms with E-state index in [4.69, 9.17) is 4.74 Å². The SMILES string of the molecule is CC(=O)Oc1cccc(C(=O)NC2CCN(S(=O)(=O)N(C)C)CC2)c1. The third-order valence-electron chi connectivity index (χ3n) is 3.93. The van der Waals surface area contributed by atoms with Crippen molar-refractivity contribution in [3.8, 4) is 5.75 Å². The normalized spacial score (nSPS) is 16.6. The van der Waals surface area contributed by atoms with Crippen LogP contribution in [0.2, 0.25) is 0 Å². The van der Waals surface area contributed by atoms with E-state index in [1.807, 2.05) is 0 Å². The first-order chi connectivity index (χ1) is 11.7. The highest BCUT2D eigenvalue weighted by atomic mass is 32.2. The highest BCUT2D eigenvalue weighted by Gasteiger charge is 2.30. The molecule has 1 aromatic rings. The van der Waals surface area contributed by atoms with E-state index in [0.29, 0.717) is 37.2 Å². The number of hydrogen-bond acceptors (Lipinski definition) is 5. The summed E-state index contributed by atoms with van der Waals surface area (Å²) in [7, 11) is -0.417. The lowest BCUT2D eigenvalue weighted by molar-refractivity contribution is -0.131. The number of piperidine rings is 1. The van der Waals surface area contributed by atoms with Crippen LogP contribution in [0.4, 0.5) is 0 Å². The summed E-state index contributed by atoms with van der Waals surface area (Å²) in [6.45, 7) is 2.01. The van der Waals surface area contributed by atoms with Crippen LogP contribution in [0.25, 0.3) is 0 Å². The van der Waals surface area contributed by atoms with Crippen LogP contribution in [0, 0.1) is 0 Å². The lowest BCUT2D eigenvalue weighted by Crippen LogP contribution is -2.49. The summed E-state index contributed by atoms with van der Waals surface area (Å²) in [5.74, 6) is -0.415. The highest BCUT2D eigenvalue weighted by Crippen LogP contribution is 2.17. The maximum Gasteiger partial charge on any atom is 0.308 e. The molecule has 1 aliphatic heterocycles. The summed E-state index contributed by atoms with van der Waals surface area (Å²) >= 11 is 0. The molecule has 0 aromatic heterocycles. The molecule has 0 radical (unpaired) electrons. The Hall–Kier alpha value is -1.97. The van der Waals surface area contributed by atoms with E-state index in [-0.39, 0.29) is 11.9 Å². The highest BCUT2D eigenvalue weighted by molar-refractivity contribution is 7.86. The first-order valence-corrected chi connectivity index (χ1v) is 9.37. The van der Waals surface area contributed by atoms with Gasteiger partial charge in [-0.2, -0.15) is 17.0 Å². The van der Waals surface area contributed by atoms with Gasteiger partial charge in [-0.3, -0.25) is 9.59 Å². The molecule has 1 heterocycles. The fourth-order valence-electron chi connectivity index (χ4n) is 2.60. The van der Waals surface area contributed by atoms with Gasteiger partial charge >= 0.3 is 5.97 Å². The van der Waals surface area contributed by atoms with Crippen molar-refractivity contribution >= 4 is 22.1 Å². The number of ether oxygens (including phenoxy) is 1. The number of benzene rings is 1. The Morgan fingerprint density at radius 1 is 1.24 bits per heavy atom. The smallest absolute Gasteiger partial charge is 0.308 e. The van der Waals surface area contributed by atoms with Crippen LogP contribution in [-0.2, 0) is 15.0 Å². The van der Waals surface area contributed by atoms with Crippen molar-refractivity contribution < 1.29 is 22.7 Å². The Morgan fingerprint density at radius 3 is 2.44 bits per heavy atom. The van der Waals surface area contributed by atoms with E-state index in [1.54, 1.807) is 18.2 Å². The number of nitrogens with one attached hydrogen (secondary N) is 1. The van der Waals surface area contributed by atoms with Crippen LogP contribution in [0.3, 0.4) is 0 Å². The first-order valence-electron chi connectivity index (χ1n) is 7.97. The molecule has 25 heavy (non-hydrogen) atoms. The molecule has 0 bridgehead atoms. The second kappa shape index (κ2) is 7.94. The zero-order valence-electron chi connectivity index (χ0n) is 14.6. The van der Waals surface area contributed by atoms with Crippen molar-refractivity contribution in [3.63, 3.8) is 0 Å². The molecular weight excluding hydrogens is 346 g/mol. The molecule has 1 fully saturated rings. The molecule has 9 heteroatoms. The zero-order valence-corrected chi connectivity index (χ0v) is 15.4. The van der Waals surface area contributed by atoms with E-state index in [2.05, 4.69) is 5.32 Å². The quantitative estimate of drug-likeness (QED) is 0.606. The molecule has 1 amide bonds. The minimum Gasteiger partial charge on any atom is -0.427 e. The van der Waals surface area contributed by atoms with Crippen LogP contribution >= 0.6 is 0 Å². The number of hydrogen-bond donors (Lipinski definition) is 1. The molecule has 0 atom stereocenters. The van der Waals surface area contributed by atoms with Crippen LogP contribution in [0.1, 0.15) is 30.1 Å². The van der Waals surface area contributed by atoms with Gasteiger partial charge < -0.3 is 10.1 Å². The number of amides is 1. The van der Waals surface area contributed by atoms with Gasteiger partial charge in [0, 0.05) is 45.7 Å². The minimum absolute atomic E-state index is 0.0986. The molecule has 138 valence electrons. The molecule has 1 aromatic carbocycles. The van der Waals surface area contributed by atoms with Gasteiger partial charge in [-0.1, -0.05) is 6.07 Å². The van der Waals surface area contributed by atoms with Crippen LogP contribution in [-0.4, -0.2) is 62.1 Å². The Morgan fingerprint density at radius 2 is 1.88 bits per heavy atom. The fraction of sp³-hybridized carbons (Fsp3) is 0.500. The predicted molar refractivity (Wildman–Crippen MR) is 92.4 cm³/mol. The van der Waals surface area contributed by atoms with Gasteiger partial charge in [-0.15, -0.1) is 0 Å². The monoisotopic (exact) mass is 369 g/mol. The van der Waals surface area contributed by atoms with Crippen molar-refractivity contribution in [1.82, 2.24) is 13.9 Å². The predicted octanol–water partition coefficient (Wildman–Crippen LogP) is 0.613. The van der Waals surface area contributed by atoms with Crippen molar-refractivity contribution in [2.24, 2.45) is 0 Å². The van der Waals surface area contributed by atoms with Crippen LogP contribution in [0.15, 0.2) is 24.3 Å². The fourth-order valence-corrected chi connectivity index (χ4v) is 3.73. The van der Waals surface area contributed by atoms with E-state index >= 15 is 0 Å². The summed E-state index contributed by atoms with van der Waals surface area (Å²) < 4.78 is 31.7. The zero-order chi connectivity index (χ0) is 18.6. The summed E-state index contributed by atoms with van der Waals surface area (Å²) in [6.07, 6.45) is 1.09. The minimum atomic E-state index is -3.42. The van der Waals surface area contributed by atoms with Gasteiger partial charge in [0.15, 0.2) is 0 Å². The lowest BCUT2D eigenvalue weighted by atomic mass is 10.1. The Balaban J connectivity index is 1.94. The van der Waals surface area contributed by atoms with E-state index in [9.17, 15) is 18.0 Å². The van der Waals surface area contributed by atoms with Crippen molar-refractivity contribution in [3.05, 3.63) is 29.8 Å². The number of rotatable bonds is 5. The van der Waals surface area contributed by atoms with Gasteiger partial charge in [-0.05, 0) is 31.0 Å². The maximum absolute atomic E-state index is 12.3. The maximum atomic E-state index is 12.3. The molecule has 0 spiro atoms. The Labute approximate surface area is 147 Å². The largest absolute Gasteiger partial charge is 0.427 e. The summed E-state index contributed by atoms with van der Waals surface area (Å²) in [4.78, 5) is 23.3. The average Bonchev–Trinajstić information content (AvgIpc) is 2.54.